The lowest BCUT2D eigenvalue weighted by atomic mass is 9.80. The highest BCUT2D eigenvalue weighted by atomic mass is 16.5. The highest BCUT2D eigenvalue weighted by Crippen LogP contribution is 2.32. The lowest BCUT2D eigenvalue weighted by molar-refractivity contribution is -0.169. The first kappa shape index (κ1) is 23.4. The van der Waals surface area contributed by atoms with Crippen LogP contribution in [0.5, 0.6) is 0 Å². The van der Waals surface area contributed by atoms with Gasteiger partial charge in [-0.3, -0.25) is 14.5 Å². The number of nitrogens with zero attached hydrogens (tertiary/aromatic N) is 3. The summed E-state index contributed by atoms with van der Waals surface area (Å²) in [4.78, 5) is 29.8. The van der Waals surface area contributed by atoms with Gasteiger partial charge in [-0.2, -0.15) is 4.98 Å². The second kappa shape index (κ2) is 9.75. The van der Waals surface area contributed by atoms with Crippen molar-refractivity contribution < 1.29 is 24.3 Å². The van der Waals surface area contributed by atoms with Gasteiger partial charge < -0.3 is 14.7 Å². The summed E-state index contributed by atoms with van der Waals surface area (Å²) < 4.78 is 5.49. The Kier molecular flexibility index (Phi) is 6.35. The Bertz CT molecular complexity index is 1350. The van der Waals surface area contributed by atoms with E-state index in [4.69, 9.17) is 4.52 Å². The van der Waals surface area contributed by atoms with Crippen LogP contribution in [-0.4, -0.2) is 50.3 Å². The second-order valence-electron chi connectivity index (χ2n) is 9.07. The van der Waals surface area contributed by atoms with Gasteiger partial charge in [0.05, 0.1) is 0 Å². The van der Waals surface area contributed by atoms with E-state index in [1.807, 2.05) is 71.6 Å². The summed E-state index contributed by atoms with van der Waals surface area (Å²) in [7, 11) is 0. The highest BCUT2D eigenvalue weighted by molar-refractivity contribution is 5.98. The fraction of sp³-hybridized carbons (Fsp3) is 0.214. The standard InChI is InChI=1S/C28H25N3O5/c32-26(33)28(27(34)35)15-4-16-31(18-28)17-19-7-9-22(10-8-19)24-29-25(36-30-24)23-13-11-21(12-14-23)20-5-2-1-3-6-20/h1-3,5-14H,4,15-18H2,(H,32,33)(H,34,35). The van der Waals surface area contributed by atoms with Crippen molar-refractivity contribution in [3.05, 3.63) is 84.4 Å². The van der Waals surface area contributed by atoms with Crippen LogP contribution in [0.2, 0.25) is 0 Å². The molecule has 0 unspecified atom stereocenters. The lowest BCUT2D eigenvalue weighted by Crippen LogP contribution is -2.52. The molecule has 0 radical (unpaired) electrons. The van der Waals surface area contributed by atoms with Crippen LogP contribution in [0.3, 0.4) is 0 Å². The topological polar surface area (TPSA) is 117 Å². The largest absolute Gasteiger partial charge is 0.480 e. The third kappa shape index (κ3) is 4.63. The van der Waals surface area contributed by atoms with Crippen molar-refractivity contribution in [2.45, 2.75) is 19.4 Å². The molecule has 0 aliphatic carbocycles. The van der Waals surface area contributed by atoms with E-state index in [2.05, 4.69) is 22.3 Å². The molecule has 2 heterocycles. The van der Waals surface area contributed by atoms with Crippen LogP contribution in [0.4, 0.5) is 0 Å². The molecule has 0 spiro atoms. The quantitative estimate of drug-likeness (QED) is 0.359. The molecule has 0 atom stereocenters. The molecule has 4 aromatic rings. The molecule has 182 valence electrons. The predicted octanol–water partition coefficient (Wildman–Crippen LogP) is 4.82. The van der Waals surface area contributed by atoms with E-state index < -0.39 is 17.4 Å². The van der Waals surface area contributed by atoms with Gasteiger partial charge in [-0.05, 0) is 48.2 Å². The minimum atomic E-state index is -1.75. The maximum absolute atomic E-state index is 11.7. The van der Waals surface area contributed by atoms with Gasteiger partial charge in [0, 0.05) is 24.2 Å². The number of hydrogen-bond donors (Lipinski definition) is 2. The van der Waals surface area contributed by atoms with Crippen LogP contribution in [0.25, 0.3) is 34.0 Å². The molecule has 8 nitrogen and oxygen atoms in total. The number of likely N-dealkylation sites (tertiary alicyclic amines) is 1. The van der Waals surface area contributed by atoms with Gasteiger partial charge in [0.2, 0.25) is 5.82 Å². The van der Waals surface area contributed by atoms with Crippen LogP contribution in [0.15, 0.2) is 83.4 Å². The summed E-state index contributed by atoms with van der Waals surface area (Å²) in [6, 6.07) is 25.7. The summed E-state index contributed by atoms with van der Waals surface area (Å²) in [6.07, 6.45) is 0.664. The molecule has 5 rings (SSSR count). The minimum Gasteiger partial charge on any atom is -0.480 e. The summed E-state index contributed by atoms with van der Waals surface area (Å²) in [5.74, 6) is -1.66. The average molecular weight is 484 g/mol. The third-order valence-electron chi connectivity index (χ3n) is 6.67. The molecule has 36 heavy (non-hydrogen) atoms. The molecule has 1 aliphatic rings. The Labute approximate surface area is 207 Å². The highest BCUT2D eigenvalue weighted by Gasteiger charge is 2.49. The van der Waals surface area contributed by atoms with E-state index in [-0.39, 0.29) is 13.0 Å². The summed E-state index contributed by atoms with van der Waals surface area (Å²) in [5.41, 5.74) is 3.06. The number of aromatic nitrogens is 2. The molecule has 1 saturated heterocycles. The fourth-order valence-electron chi connectivity index (χ4n) is 4.63. The van der Waals surface area contributed by atoms with Crippen molar-refractivity contribution in [3.63, 3.8) is 0 Å². The Morgan fingerprint density at radius 2 is 1.44 bits per heavy atom. The normalized spacial score (nSPS) is 15.4. The van der Waals surface area contributed by atoms with Crippen molar-refractivity contribution in [3.8, 4) is 34.0 Å². The number of carbonyl (C=O) groups is 2. The molecule has 2 N–H and O–H groups in total. The smallest absolute Gasteiger partial charge is 0.322 e. The number of aliphatic carboxylic acids is 2. The van der Waals surface area contributed by atoms with Gasteiger partial charge in [0.1, 0.15) is 0 Å². The van der Waals surface area contributed by atoms with Crippen LogP contribution in [0, 0.1) is 5.41 Å². The molecular formula is C28H25N3O5. The van der Waals surface area contributed by atoms with E-state index in [9.17, 15) is 19.8 Å². The van der Waals surface area contributed by atoms with Crippen LogP contribution >= 0.6 is 0 Å². The zero-order valence-electron chi connectivity index (χ0n) is 19.5. The van der Waals surface area contributed by atoms with Gasteiger partial charge >= 0.3 is 11.9 Å². The molecule has 0 bridgehead atoms. The maximum atomic E-state index is 11.7. The SMILES string of the molecule is O=C(O)C1(C(=O)O)CCCN(Cc2ccc(-c3noc(-c4ccc(-c5ccccc5)cc4)n3)cc2)C1. The first-order valence-electron chi connectivity index (χ1n) is 11.7. The molecule has 0 saturated carbocycles. The van der Waals surface area contributed by atoms with Gasteiger partial charge in [-0.25, -0.2) is 0 Å². The number of hydrogen-bond acceptors (Lipinski definition) is 6. The monoisotopic (exact) mass is 483 g/mol. The Morgan fingerprint density at radius 1 is 0.833 bits per heavy atom. The van der Waals surface area contributed by atoms with Crippen molar-refractivity contribution in [2.24, 2.45) is 5.41 Å². The summed E-state index contributed by atoms with van der Waals surface area (Å²) in [5, 5.41) is 23.2. The van der Waals surface area contributed by atoms with Crippen molar-refractivity contribution >= 4 is 11.9 Å². The first-order valence-corrected chi connectivity index (χ1v) is 11.7. The molecule has 8 heteroatoms. The number of rotatable bonds is 7. The molecule has 1 aromatic heterocycles. The zero-order chi connectivity index (χ0) is 25.1. The number of carboxylic acids is 2. The Balaban J connectivity index is 1.27. The zero-order valence-corrected chi connectivity index (χ0v) is 19.5. The third-order valence-corrected chi connectivity index (χ3v) is 6.67. The molecule has 1 fully saturated rings. The molecule has 1 aliphatic heterocycles. The van der Waals surface area contributed by atoms with Gasteiger partial charge in [-0.15, -0.1) is 0 Å². The summed E-state index contributed by atoms with van der Waals surface area (Å²) in [6.45, 7) is 1.10. The van der Waals surface area contributed by atoms with Crippen LogP contribution < -0.4 is 0 Å². The number of piperidine rings is 1. The van der Waals surface area contributed by atoms with E-state index in [0.29, 0.717) is 31.2 Å². The van der Waals surface area contributed by atoms with Crippen molar-refractivity contribution in [1.29, 1.82) is 0 Å². The average Bonchev–Trinajstić information content (AvgIpc) is 3.40. The number of benzene rings is 3. The number of carboxylic acid groups (broad SMARTS) is 2. The van der Waals surface area contributed by atoms with Crippen molar-refractivity contribution in [2.75, 3.05) is 13.1 Å². The van der Waals surface area contributed by atoms with E-state index in [1.54, 1.807) is 0 Å². The van der Waals surface area contributed by atoms with E-state index >= 15 is 0 Å². The second-order valence-corrected chi connectivity index (χ2v) is 9.07. The van der Waals surface area contributed by atoms with Crippen LogP contribution in [-0.2, 0) is 16.1 Å². The molecular weight excluding hydrogens is 458 g/mol. The Morgan fingerprint density at radius 3 is 2.11 bits per heavy atom. The lowest BCUT2D eigenvalue weighted by Gasteiger charge is -2.37. The van der Waals surface area contributed by atoms with Gasteiger partial charge in [-0.1, -0.05) is 71.9 Å². The Hall–Kier alpha value is -4.30. The van der Waals surface area contributed by atoms with E-state index in [0.717, 1.165) is 27.8 Å². The van der Waals surface area contributed by atoms with E-state index in [1.165, 1.54) is 0 Å². The predicted molar refractivity (Wildman–Crippen MR) is 133 cm³/mol. The molecule has 0 amide bonds. The van der Waals surface area contributed by atoms with Gasteiger partial charge in [0.15, 0.2) is 5.41 Å². The fourth-order valence-corrected chi connectivity index (χ4v) is 4.63. The first-order chi connectivity index (χ1) is 17.4. The van der Waals surface area contributed by atoms with Crippen LogP contribution in [0.1, 0.15) is 18.4 Å². The molecule has 3 aromatic carbocycles. The van der Waals surface area contributed by atoms with Crippen molar-refractivity contribution in [1.82, 2.24) is 15.0 Å². The maximum Gasteiger partial charge on any atom is 0.322 e. The summed E-state index contributed by atoms with van der Waals surface area (Å²) >= 11 is 0. The minimum absolute atomic E-state index is 0.0172. The van der Waals surface area contributed by atoms with Gasteiger partial charge in [0.25, 0.3) is 5.89 Å².